The predicted molar refractivity (Wildman–Crippen MR) is 83.1 cm³/mol. The number of benzene rings is 2. The maximum Gasteiger partial charge on any atom is 0.166 e. The van der Waals surface area contributed by atoms with E-state index in [2.05, 4.69) is 16.0 Å². The Balaban J connectivity index is 1.76. The van der Waals surface area contributed by atoms with Crippen LogP contribution in [0.1, 0.15) is 5.56 Å². The van der Waals surface area contributed by atoms with Crippen molar-refractivity contribution >= 4 is 28.5 Å². The van der Waals surface area contributed by atoms with Crippen molar-refractivity contribution in [3.05, 3.63) is 48.0 Å². The zero-order valence-corrected chi connectivity index (χ0v) is 11.9. The van der Waals surface area contributed by atoms with Gasteiger partial charge >= 0.3 is 0 Å². The first kappa shape index (κ1) is 12.9. The highest BCUT2D eigenvalue weighted by Crippen LogP contribution is 2.25. The molecule has 0 saturated heterocycles. The zero-order valence-electron chi connectivity index (χ0n) is 11.1. The normalized spacial score (nSPS) is 10.8. The van der Waals surface area contributed by atoms with E-state index in [1.165, 1.54) is 5.56 Å². The van der Waals surface area contributed by atoms with Crippen molar-refractivity contribution in [1.29, 1.82) is 0 Å². The molecule has 0 amide bonds. The van der Waals surface area contributed by atoms with E-state index in [0.29, 0.717) is 0 Å². The molecule has 0 bridgehead atoms. The third kappa shape index (κ3) is 2.72. The number of ether oxygens (including phenoxy) is 1. The molecular formula is C15H15N3OS. The smallest absolute Gasteiger partial charge is 0.166 e. The number of aromatic amines is 1. The van der Waals surface area contributed by atoms with Crippen LogP contribution in [-0.2, 0) is 5.75 Å². The first-order chi connectivity index (χ1) is 9.74. The number of imidazole rings is 1. The van der Waals surface area contributed by atoms with Gasteiger partial charge in [-0.25, -0.2) is 4.98 Å². The van der Waals surface area contributed by atoms with E-state index in [9.17, 15) is 0 Å². The minimum absolute atomic E-state index is 0.741. The molecule has 5 heteroatoms. The number of fused-ring (bicyclic) bond motifs is 1. The van der Waals surface area contributed by atoms with Crippen LogP contribution in [0.4, 0.5) is 5.69 Å². The van der Waals surface area contributed by atoms with Gasteiger partial charge in [-0.3, -0.25) is 0 Å². The Hall–Kier alpha value is -2.14. The van der Waals surface area contributed by atoms with Crippen molar-refractivity contribution < 1.29 is 4.74 Å². The number of nitrogens with one attached hydrogen (secondary N) is 1. The van der Waals surface area contributed by atoms with Gasteiger partial charge in [0.2, 0.25) is 0 Å². The van der Waals surface area contributed by atoms with Crippen molar-refractivity contribution in [1.82, 2.24) is 9.97 Å². The summed E-state index contributed by atoms with van der Waals surface area (Å²) in [5.74, 6) is 1.72. The molecule has 0 saturated carbocycles. The Kier molecular flexibility index (Phi) is 3.52. The molecule has 4 nitrogen and oxygen atoms in total. The van der Waals surface area contributed by atoms with Crippen LogP contribution in [0.3, 0.4) is 0 Å². The maximum atomic E-state index is 5.76. The molecule has 0 spiro atoms. The lowest BCUT2D eigenvalue weighted by molar-refractivity contribution is 0.414. The molecule has 2 aromatic carbocycles. The summed E-state index contributed by atoms with van der Waals surface area (Å²) in [6.07, 6.45) is 0. The second kappa shape index (κ2) is 5.46. The van der Waals surface area contributed by atoms with E-state index < -0.39 is 0 Å². The summed E-state index contributed by atoms with van der Waals surface area (Å²) in [6, 6.07) is 13.7. The molecule has 102 valence electrons. The van der Waals surface area contributed by atoms with Crippen LogP contribution in [0.5, 0.6) is 5.75 Å². The van der Waals surface area contributed by atoms with E-state index in [1.807, 2.05) is 36.4 Å². The Morgan fingerprint density at radius 1 is 1.25 bits per heavy atom. The standard InChI is InChI=1S/C15H15N3OS/c1-19-12-4-2-3-10(7-12)9-20-15-17-13-6-5-11(16)8-14(13)18-15/h2-8H,9,16H2,1H3,(H,17,18). The van der Waals surface area contributed by atoms with Gasteiger partial charge in [-0.05, 0) is 35.9 Å². The maximum absolute atomic E-state index is 5.76. The minimum atomic E-state index is 0.741. The Bertz CT molecular complexity index is 739. The second-order valence-electron chi connectivity index (χ2n) is 4.46. The van der Waals surface area contributed by atoms with Crippen molar-refractivity contribution in [2.45, 2.75) is 10.9 Å². The number of methoxy groups -OCH3 is 1. The molecule has 20 heavy (non-hydrogen) atoms. The third-order valence-corrected chi connectivity index (χ3v) is 3.94. The fraction of sp³-hybridized carbons (Fsp3) is 0.133. The lowest BCUT2D eigenvalue weighted by Gasteiger charge is -2.02. The van der Waals surface area contributed by atoms with Crippen LogP contribution in [0, 0.1) is 0 Å². The van der Waals surface area contributed by atoms with Crippen molar-refractivity contribution in [2.24, 2.45) is 0 Å². The molecule has 0 fully saturated rings. The Morgan fingerprint density at radius 2 is 2.15 bits per heavy atom. The molecule has 3 rings (SSSR count). The van der Waals surface area contributed by atoms with Crippen LogP contribution in [0.25, 0.3) is 11.0 Å². The number of hydrogen-bond acceptors (Lipinski definition) is 4. The third-order valence-electron chi connectivity index (χ3n) is 2.99. The van der Waals surface area contributed by atoms with Gasteiger partial charge in [0.1, 0.15) is 5.75 Å². The molecule has 0 aliphatic heterocycles. The molecular weight excluding hydrogens is 270 g/mol. The molecule has 0 aliphatic rings. The lowest BCUT2D eigenvalue weighted by atomic mass is 10.2. The highest BCUT2D eigenvalue weighted by Gasteiger charge is 2.04. The van der Waals surface area contributed by atoms with Gasteiger partial charge in [-0.15, -0.1) is 0 Å². The minimum Gasteiger partial charge on any atom is -0.497 e. The summed E-state index contributed by atoms with van der Waals surface area (Å²) in [4.78, 5) is 7.81. The van der Waals surface area contributed by atoms with Crippen LogP contribution in [0.15, 0.2) is 47.6 Å². The Labute approximate surface area is 121 Å². The molecule has 0 aliphatic carbocycles. The molecule has 1 heterocycles. The molecule has 3 N–H and O–H groups in total. The summed E-state index contributed by atoms with van der Waals surface area (Å²) < 4.78 is 5.22. The quantitative estimate of drug-likeness (QED) is 0.569. The number of nitrogens with two attached hydrogens (primary N) is 1. The number of nitrogen functional groups attached to an aromatic ring is 1. The van der Waals surface area contributed by atoms with Gasteiger partial charge in [0, 0.05) is 11.4 Å². The summed E-state index contributed by atoms with van der Waals surface area (Å²) in [7, 11) is 1.68. The van der Waals surface area contributed by atoms with E-state index in [-0.39, 0.29) is 0 Å². The van der Waals surface area contributed by atoms with E-state index in [1.54, 1.807) is 18.9 Å². The fourth-order valence-corrected chi connectivity index (χ4v) is 2.81. The Morgan fingerprint density at radius 3 is 3.00 bits per heavy atom. The lowest BCUT2D eigenvalue weighted by Crippen LogP contribution is -1.86. The van der Waals surface area contributed by atoms with E-state index in [4.69, 9.17) is 10.5 Å². The number of H-pyrrole nitrogens is 1. The van der Waals surface area contributed by atoms with Crippen molar-refractivity contribution in [3.8, 4) is 5.75 Å². The van der Waals surface area contributed by atoms with Gasteiger partial charge in [-0.2, -0.15) is 0 Å². The molecule has 3 aromatic rings. The number of rotatable bonds is 4. The van der Waals surface area contributed by atoms with Crippen LogP contribution in [-0.4, -0.2) is 17.1 Å². The van der Waals surface area contributed by atoms with Crippen LogP contribution in [0.2, 0.25) is 0 Å². The number of nitrogens with zero attached hydrogens (tertiary/aromatic N) is 1. The monoisotopic (exact) mass is 285 g/mol. The molecule has 0 unspecified atom stereocenters. The molecule has 1 aromatic heterocycles. The predicted octanol–water partition coefficient (Wildman–Crippen LogP) is 3.45. The average Bonchev–Trinajstić information content (AvgIpc) is 2.87. The SMILES string of the molecule is COc1cccc(CSc2nc3ccc(N)cc3[nH]2)c1. The van der Waals surface area contributed by atoms with E-state index >= 15 is 0 Å². The molecule has 0 atom stereocenters. The van der Waals surface area contributed by atoms with E-state index in [0.717, 1.165) is 33.4 Å². The highest BCUT2D eigenvalue weighted by molar-refractivity contribution is 7.98. The first-order valence-electron chi connectivity index (χ1n) is 6.25. The fourth-order valence-electron chi connectivity index (χ4n) is 1.99. The number of anilines is 1. The van der Waals surface area contributed by atoms with Crippen LogP contribution >= 0.6 is 11.8 Å². The second-order valence-corrected chi connectivity index (χ2v) is 5.42. The summed E-state index contributed by atoms with van der Waals surface area (Å²) in [5, 5.41) is 0.897. The highest BCUT2D eigenvalue weighted by atomic mass is 32.2. The molecule has 0 radical (unpaired) electrons. The summed E-state index contributed by atoms with van der Waals surface area (Å²) in [5.41, 5.74) is 9.61. The number of hydrogen-bond donors (Lipinski definition) is 2. The van der Waals surface area contributed by atoms with Crippen molar-refractivity contribution in [2.75, 3.05) is 12.8 Å². The van der Waals surface area contributed by atoms with Gasteiger partial charge in [0.25, 0.3) is 0 Å². The summed E-state index contributed by atoms with van der Waals surface area (Å²) >= 11 is 1.66. The van der Waals surface area contributed by atoms with Crippen molar-refractivity contribution in [3.63, 3.8) is 0 Å². The number of thioether (sulfide) groups is 1. The number of aromatic nitrogens is 2. The average molecular weight is 285 g/mol. The van der Waals surface area contributed by atoms with Gasteiger partial charge in [-0.1, -0.05) is 23.9 Å². The van der Waals surface area contributed by atoms with Gasteiger partial charge in [0.05, 0.1) is 18.1 Å². The largest absolute Gasteiger partial charge is 0.497 e. The zero-order chi connectivity index (χ0) is 13.9. The first-order valence-corrected chi connectivity index (χ1v) is 7.24. The van der Waals surface area contributed by atoms with Crippen LogP contribution < -0.4 is 10.5 Å². The van der Waals surface area contributed by atoms with Gasteiger partial charge < -0.3 is 15.5 Å². The van der Waals surface area contributed by atoms with Gasteiger partial charge in [0.15, 0.2) is 5.16 Å². The summed E-state index contributed by atoms with van der Waals surface area (Å²) in [6.45, 7) is 0. The topological polar surface area (TPSA) is 63.9 Å².